The molecule has 0 radical (unpaired) electrons. The topological polar surface area (TPSA) is 76.1 Å². The molecule has 0 aromatic carbocycles. The van der Waals surface area contributed by atoms with Crippen LogP contribution < -0.4 is 0 Å². The van der Waals surface area contributed by atoms with Crippen molar-refractivity contribution in [1.82, 2.24) is 4.90 Å². The van der Waals surface area contributed by atoms with E-state index >= 15 is 0 Å². The normalized spacial score (nSPS) is 34.9. The molecular formula is C10H15NO5. The van der Waals surface area contributed by atoms with E-state index in [9.17, 15) is 14.7 Å². The largest absolute Gasteiger partial charge is 0.481 e. The number of carbonyl (C=O) groups is 2. The zero-order valence-corrected chi connectivity index (χ0v) is 9.14. The van der Waals surface area contributed by atoms with Crippen LogP contribution in [0.4, 0.5) is 4.79 Å². The summed E-state index contributed by atoms with van der Waals surface area (Å²) >= 11 is 0. The van der Waals surface area contributed by atoms with Gasteiger partial charge in [0.2, 0.25) is 0 Å². The van der Waals surface area contributed by atoms with Crippen LogP contribution in [0.3, 0.4) is 0 Å². The maximum absolute atomic E-state index is 11.5. The van der Waals surface area contributed by atoms with Gasteiger partial charge in [-0.05, 0) is 13.3 Å². The predicted molar refractivity (Wildman–Crippen MR) is 53.0 cm³/mol. The van der Waals surface area contributed by atoms with Gasteiger partial charge in [0.15, 0.2) is 0 Å². The zero-order valence-electron chi connectivity index (χ0n) is 9.14. The van der Waals surface area contributed by atoms with Gasteiger partial charge in [-0.3, -0.25) is 4.79 Å². The molecule has 6 heteroatoms. The summed E-state index contributed by atoms with van der Waals surface area (Å²) < 4.78 is 10.1. The minimum absolute atomic E-state index is 0.136. The van der Waals surface area contributed by atoms with E-state index < -0.39 is 23.5 Å². The van der Waals surface area contributed by atoms with Gasteiger partial charge in [-0.2, -0.15) is 0 Å². The van der Waals surface area contributed by atoms with Crippen molar-refractivity contribution in [3.05, 3.63) is 0 Å². The Balaban J connectivity index is 2.19. The van der Waals surface area contributed by atoms with Crippen LogP contribution >= 0.6 is 0 Å². The maximum atomic E-state index is 11.5. The molecule has 2 unspecified atom stereocenters. The lowest BCUT2D eigenvalue weighted by atomic mass is 9.84. The minimum Gasteiger partial charge on any atom is -0.481 e. The number of hydrogen-bond acceptors (Lipinski definition) is 4. The van der Waals surface area contributed by atoms with Gasteiger partial charge in [0.25, 0.3) is 0 Å². The summed E-state index contributed by atoms with van der Waals surface area (Å²) in [4.78, 5) is 24.2. The third-order valence-electron chi connectivity index (χ3n) is 3.28. The first-order valence-electron chi connectivity index (χ1n) is 5.30. The van der Waals surface area contributed by atoms with Crippen molar-refractivity contribution < 1.29 is 24.2 Å². The van der Waals surface area contributed by atoms with Crippen LogP contribution in [0.15, 0.2) is 0 Å². The van der Waals surface area contributed by atoms with E-state index in [1.165, 1.54) is 4.90 Å². The van der Waals surface area contributed by atoms with Gasteiger partial charge in [-0.15, -0.1) is 0 Å². The van der Waals surface area contributed by atoms with Crippen LogP contribution in [0, 0.1) is 5.41 Å². The molecular weight excluding hydrogens is 214 g/mol. The zero-order chi connectivity index (χ0) is 11.8. The number of rotatable bonds is 2. The number of nitrogens with zero attached hydrogens (tertiary/aromatic N) is 1. The van der Waals surface area contributed by atoms with Crippen molar-refractivity contribution >= 4 is 12.1 Å². The van der Waals surface area contributed by atoms with E-state index in [1.807, 2.05) is 0 Å². The predicted octanol–water partition coefficient (Wildman–Crippen LogP) is 0.318. The lowest BCUT2D eigenvalue weighted by molar-refractivity contribution is -0.150. The average Bonchev–Trinajstić information content (AvgIpc) is 2.63. The molecule has 2 atom stereocenters. The molecule has 2 aliphatic rings. The summed E-state index contributed by atoms with van der Waals surface area (Å²) in [5.41, 5.74) is -1.03. The van der Waals surface area contributed by atoms with Gasteiger partial charge in [-0.25, -0.2) is 4.79 Å². The molecule has 2 aliphatic heterocycles. The van der Waals surface area contributed by atoms with Crippen molar-refractivity contribution in [3.8, 4) is 0 Å². The van der Waals surface area contributed by atoms with Crippen LogP contribution in [0.2, 0.25) is 0 Å². The summed E-state index contributed by atoms with van der Waals surface area (Å²) in [5, 5.41) is 9.20. The van der Waals surface area contributed by atoms with Crippen molar-refractivity contribution in [2.45, 2.75) is 19.4 Å². The maximum Gasteiger partial charge on any atom is 0.410 e. The van der Waals surface area contributed by atoms with Crippen LogP contribution in [0.5, 0.6) is 0 Å². The van der Waals surface area contributed by atoms with E-state index in [0.29, 0.717) is 13.2 Å². The molecule has 2 fully saturated rings. The van der Waals surface area contributed by atoms with Crippen LogP contribution in [0.1, 0.15) is 13.3 Å². The standard InChI is InChI=1S/C10H15NO5/c1-10(8(12)13)6-15-5-7(10)11-3-2-4-16-9(11)14/h7H,2-6H2,1H3,(H,12,13). The Labute approximate surface area is 93.1 Å². The van der Waals surface area contributed by atoms with Gasteiger partial charge >= 0.3 is 12.1 Å². The van der Waals surface area contributed by atoms with Crippen LogP contribution in [-0.2, 0) is 14.3 Å². The second-order valence-electron chi connectivity index (χ2n) is 4.41. The monoisotopic (exact) mass is 229 g/mol. The molecule has 16 heavy (non-hydrogen) atoms. The summed E-state index contributed by atoms with van der Waals surface area (Å²) in [7, 11) is 0. The number of carbonyl (C=O) groups excluding carboxylic acids is 1. The molecule has 1 N–H and O–H groups in total. The number of aliphatic carboxylic acids is 1. The highest BCUT2D eigenvalue weighted by Gasteiger charge is 2.51. The van der Waals surface area contributed by atoms with Gasteiger partial charge in [0.05, 0.1) is 25.9 Å². The molecule has 0 aromatic heterocycles. The number of carboxylic acids is 1. The Morgan fingerprint density at radius 3 is 3.00 bits per heavy atom. The summed E-state index contributed by atoms with van der Waals surface area (Å²) in [5.74, 6) is -0.937. The molecule has 0 spiro atoms. The number of hydrogen-bond donors (Lipinski definition) is 1. The highest BCUT2D eigenvalue weighted by Crippen LogP contribution is 2.33. The van der Waals surface area contributed by atoms with Gasteiger partial charge < -0.3 is 19.5 Å². The molecule has 0 bridgehead atoms. The third kappa shape index (κ3) is 1.63. The van der Waals surface area contributed by atoms with Gasteiger partial charge in [0, 0.05) is 6.54 Å². The first-order valence-corrected chi connectivity index (χ1v) is 5.30. The SMILES string of the molecule is CC1(C(=O)O)COCC1N1CCCOC1=O. The summed E-state index contributed by atoms with van der Waals surface area (Å²) in [6, 6.07) is -0.433. The Kier molecular flexibility index (Phi) is 2.75. The fourth-order valence-corrected chi connectivity index (χ4v) is 2.15. The molecule has 6 nitrogen and oxygen atoms in total. The van der Waals surface area contributed by atoms with E-state index in [1.54, 1.807) is 6.92 Å². The molecule has 0 aliphatic carbocycles. The first kappa shape index (κ1) is 11.2. The summed E-state index contributed by atoms with van der Waals surface area (Å²) in [6.07, 6.45) is 0.298. The van der Waals surface area contributed by atoms with Crippen LogP contribution in [0.25, 0.3) is 0 Å². The number of carboxylic acid groups (broad SMARTS) is 1. The van der Waals surface area contributed by atoms with E-state index in [0.717, 1.165) is 6.42 Å². The molecule has 2 saturated heterocycles. The molecule has 2 rings (SSSR count). The third-order valence-corrected chi connectivity index (χ3v) is 3.28. The van der Waals surface area contributed by atoms with E-state index in [2.05, 4.69) is 0 Å². The average molecular weight is 229 g/mol. The van der Waals surface area contributed by atoms with Gasteiger partial charge in [0.1, 0.15) is 5.41 Å². The second-order valence-corrected chi connectivity index (χ2v) is 4.41. The van der Waals surface area contributed by atoms with E-state index in [4.69, 9.17) is 9.47 Å². The molecule has 0 aromatic rings. The lowest BCUT2D eigenvalue weighted by Crippen LogP contribution is -2.54. The quantitative estimate of drug-likeness (QED) is 0.737. The fourth-order valence-electron chi connectivity index (χ4n) is 2.15. The Morgan fingerprint density at radius 1 is 1.62 bits per heavy atom. The van der Waals surface area contributed by atoms with E-state index in [-0.39, 0.29) is 13.2 Å². The molecule has 1 amide bonds. The first-order chi connectivity index (χ1) is 7.55. The molecule has 90 valence electrons. The van der Waals surface area contributed by atoms with Crippen molar-refractivity contribution in [2.75, 3.05) is 26.4 Å². The minimum atomic E-state index is -1.03. The number of amides is 1. The smallest absolute Gasteiger partial charge is 0.410 e. The Morgan fingerprint density at radius 2 is 2.38 bits per heavy atom. The fraction of sp³-hybridized carbons (Fsp3) is 0.800. The van der Waals surface area contributed by atoms with Crippen molar-refractivity contribution in [1.29, 1.82) is 0 Å². The van der Waals surface area contributed by atoms with Crippen molar-refractivity contribution in [2.24, 2.45) is 5.41 Å². The highest BCUT2D eigenvalue weighted by molar-refractivity contribution is 5.78. The number of cyclic esters (lactones) is 1. The second kappa shape index (κ2) is 3.93. The Hall–Kier alpha value is -1.30. The number of ether oxygens (including phenoxy) is 2. The van der Waals surface area contributed by atoms with Crippen LogP contribution in [-0.4, -0.2) is 54.5 Å². The summed E-state index contributed by atoms with van der Waals surface area (Å²) in [6.45, 7) is 2.95. The van der Waals surface area contributed by atoms with Crippen molar-refractivity contribution in [3.63, 3.8) is 0 Å². The lowest BCUT2D eigenvalue weighted by Gasteiger charge is -2.36. The molecule has 2 heterocycles. The molecule has 0 saturated carbocycles. The van der Waals surface area contributed by atoms with Gasteiger partial charge in [-0.1, -0.05) is 0 Å². The Bertz CT molecular complexity index is 318. The highest BCUT2D eigenvalue weighted by atomic mass is 16.6.